The van der Waals surface area contributed by atoms with Gasteiger partial charge in [-0.15, -0.1) is 0 Å². The molecule has 1 rings (SSSR count). The highest BCUT2D eigenvalue weighted by molar-refractivity contribution is 5.38. The zero-order valence-corrected chi connectivity index (χ0v) is 10.2. The Balaban J connectivity index is 3.11. The van der Waals surface area contributed by atoms with Crippen molar-refractivity contribution in [2.75, 3.05) is 6.54 Å². The van der Waals surface area contributed by atoms with Gasteiger partial charge in [-0.05, 0) is 44.0 Å². The molecule has 0 saturated heterocycles. The number of hydrogen-bond donors (Lipinski definition) is 1. The summed E-state index contributed by atoms with van der Waals surface area (Å²) in [4.78, 5) is 0. The zero-order chi connectivity index (χ0) is 11.4. The quantitative estimate of drug-likeness (QED) is 0.738. The standard InChI is InChI=1S/C14H21N/c1-6-15-14(10(2)3)13-9-7-8-11(4)12(13)5/h7-9,14-15H,2,6H2,1,3-5H3. The largest absolute Gasteiger partial charge is 0.307 e. The molecule has 1 aromatic rings. The lowest BCUT2D eigenvalue weighted by molar-refractivity contribution is 0.618. The summed E-state index contributed by atoms with van der Waals surface area (Å²) in [6.07, 6.45) is 0. The molecule has 82 valence electrons. The van der Waals surface area contributed by atoms with E-state index in [-0.39, 0.29) is 6.04 Å². The van der Waals surface area contributed by atoms with E-state index >= 15 is 0 Å². The van der Waals surface area contributed by atoms with Gasteiger partial charge in [-0.25, -0.2) is 0 Å². The van der Waals surface area contributed by atoms with E-state index in [1.165, 1.54) is 22.3 Å². The number of benzene rings is 1. The molecule has 0 aliphatic carbocycles. The van der Waals surface area contributed by atoms with Crippen LogP contribution in [0.2, 0.25) is 0 Å². The third-order valence-electron chi connectivity index (χ3n) is 2.86. The summed E-state index contributed by atoms with van der Waals surface area (Å²) in [5, 5.41) is 3.47. The van der Waals surface area contributed by atoms with E-state index in [4.69, 9.17) is 0 Å². The molecule has 0 aromatic heterocycles. The number of rotatable bonds is 4. The molecule has 1 N–H and O–H groups in total. The molecule has 15 heavy (non-hydrogen) atoms. The molecule has 1 nitrogen and oxygen atoms in total. The van der Waals surface area contributed by atoms with Crippen molar-refractivity contribution in [1.29, 1.82) is 0 Å². The third-order valence-corrected chi connectivity index (χ3v) is 2.86. The number of likely N-dealkylation sites (N-methyl/N-ethyl adjacent to an activating group) is 1. The van der Waals surface area contributed by atoms with E-state index < -0.39 is 0 Å². The van der Waals surface area contributed by atoms with Gasteiger partial charge >= 0.3 is 0 Å². The summed E-state index contributed by atoms with van der Waals surface area (Å²) < 4.78 is 0. The SMILES string of the molecule is C=C(C)C(NCC)c1cccc(C)c1C. The van der Waals surface area contributed by atoms with Gasteiger partial charge in [0, 0.05) is 0 Å². The average molecular weight is 203 g/mol. The first kappa shape index (κ1) is 12.0. The predicted molar refractivity (Wildman–Crippen MR) is 67.1 cm³/mol. The van der Waals surface area contributed by atoms with Crippen LogP contribution in [0.1, 0.15) is 36.6 Å². The van der Waals surface area contributed by atoms with Gasteiger partial charge in [0.1, 0.15) is 0 Å². The topological polar surface area (TPSA) is 12.0 Å². The van der Waals surface area contributed by atoms with Crippen molar-refractivity contribution in [3.8, 4) is 0 Å². The highest BCUT2D eigenvalue weighted by atomic mass is 14.9. The predicted octanol–water partition coefficient (Wildman–Crippen LogP) is 3.53. The number of aryl methyl sites for hydroxylation is 1. The Morgan fingerprint density at radius 1 is 1.40 bits per heavy atom. The van der Waals surface area contributed by atoms with E-state index in [2.05, 4.69) is 57.8 Å². The van der Waals surface area contributed by atoms with Crippen LogP contribution in [-0.4, -0.2) is 6.54 Å². The Morgan fingerprint density at radius 2 is 2.07 bits per heavy atom. The van der Waals surface area contributed by atoms with Gasteiger partial charge in [0.2, 0.25) is 0 Å². The first-order chi connectivity index (χ1) is 7.07. The summed E-state index contributed by atoms with van der Waals surface area (Å²) in [6.45, 7) is 13.6. The molecule has 0 amide bonds. The summed E-state index contributed by atoms with van der Waals surface area (Å²) in [5.74, 6) is 0. The molecule has 0 heterocycles. The van der Waals surface area contributed by atoms with Crippen LogP contribution < -0.4 is 5.32 Å². The fourth-order valence-corrected chi connectivity index (χ4v) is 1.84. The van der Waals surface area contributed by atoms with Crippen molar-refractivity contribution in [3.05, 3.63) is 47.0 Å². The second-order valence-electron chi connectivity index (χ2n) is 4.13. The molecular formula is C14H21N. The van der Waals surface area contributed by atoms with Gasteiger partial charge in [-0.2, -0.15) is 0 Å². The van der Waals surface area contributed by atoms with Gasteiger partial charge in [0.25, 0.3) is 0 Å². The van der Waals surface area contributed by atoms with E-state index in [1.807, 2.05) is 0 Å². The number of hydrogen-bond acceptors (Lipinski definition) is 1. The molecule has 1 aromatic carbocycles. The Kier molecular flexibility index (Phi) is 4.10. The molecule has 0 radical (unpaired) electrons. The van der Waals surface area contributed by atoms with Crippen LogP contribution in [0.15, 0.2) is 30.4 Å². The van der Waals surface area contributed by atoms with Crippen molar-refractivity contribution in [3.63, 3.8) is 0 Å². The minimum atomic E-state index is 0.287. The Bertz CT molecular complexity index is 352. The maximum absolute atomic E-state index is 4.06. The second kappa shape index (κ2) is 5.13. The van der Waals surface area contributed by atoms with E-state index in [9.17, 15) is 0 Å². The Labute approximate surface area is 93.2 Å². The minimum absolute atomic E-state index is 0.287. The van der Waals surface area contributed by atoms with Gasteiger partial charge in [-0.3, -0.25) is 0 Å². The van der Waals surface area contributed by atoms with Crippen molar-refractivity contribution < 1.29 is 0 Å². The van der Waals surface area contributed by atoms with Crippen LogP contribution in [0.25, 0.3) is 0 Å². The zero-order valence-electron chi connectivity index (χ0n) is 10.2. The molecule has 0 aliphatic heterocycles. The van der Waals surface area contributed by atoms with Crippen LogP contribution in [-0.2, 0) is 0 Å². The normalized spacial score (nSPS) is 12.5. The molecule has 1 unspecified atom stereocenters. The molecule has 0 fully saturated rings. The lowest BCUT2D eigenvalue weighted by atomic mass is 9.94. The van der Waals surface area contributed by atoms with Crippen molar-refractivity contribution >= 4 is 0 Å². The molecule has 1 heteroatoms. The van der Waals surface area contributed by atoms with Crippen LogP contribution >= 0.6 is 0 Å². The fourth-order valence-electron chi connectivity index (χ4n) is 1.84. The first-order valence-corrected chi connectivity index (χ1v) is 5.52. The maximum atomic E-state index is 4.06. The van der Waals surface area contributed by atoms with Gasteiger partial charge in [-0.1, -0.05) is 37.3 Å². The molecule has 0 spiro atoms. The smallest absolute Gasteiger partial charge is 0.0533 e. The number of nitrogens with one attached hydrogen (secondary N) is 1. The van der Waals surface area contributed by atoms with Crippen LogP contribution in [0.3, 0.4) is 0 Å². The highest BCUT2D eigenvalue weighted by Gasteiger charge is 2.13. The monoisotopic (exact) mass is 203 g/mol. The van der Waals surface area contributed by atoms with E-state index in [0.29, 0.717) is 0 Å². The molecule has 0 bridgehead atoms. The van der Waals surface area contributed by atoms with Crippen molar-refractivity contribution in [1.82, 2.24) is 5.32 Å². The summed E-state index contributed by atoms with van der Waals surface area (Å²) in [6, 6.07) is 6.74. The van der Waals surface area contributed by atoms with Crippen molar-refractivity contribution in [2.24, 2.45) is 0 Å². The summed E-state index contributed by atoms with van der Waals surface area (Å²) in [5.41, 5.74) is 5.23. The Morgan fingerprint density at radius 3 is 2.60 bits per heavy atom. The molecular weight excluding hydrogens is 182 g/mol. The molecule has 0 aliphatic rings. The third kappa shape index (κ3) is 2.69. The van der Waals surface area contributed by atoms with E-state index in [0.717, 1.165) is 6.54 Å². The van der Waals surface area contributed by atoms with Crippen LogP contribution in [0.5, 0.6) is 0 Å². The van der Waals surface area contributed by atoms with Gasteiger partial charge in [0.15, 0.2) is 0 Å². The summed E-state index contributed by atoms with van der Waals surface area (Å²) >= 11 is 0. The van der Waals surface area contributed by atoms with Crippen LogP contribution in [0, 0.1) is 13.8 Å². The first-order valence-electron chi connectivity index (χ1n) is 5.52. The average Bonchev–Trinajstić information content (AvgIpc) is 2.19. The summed E-state index contributed by atoms with van der Waals surface area (Å²) in [7, 11) is 0. The van der Waals surface area contributed by atoms with Gasteiger partial charge in [0.05, 0.1) is 6.04 Å². The molecule has 0 saturated carbocycles. The molecule has 1 atom stereocenters. The lowest BCUT2D eigenvalue weighted by Gasteiger charge is -2.21. The van der Waals surface area contributed by atoms with E-state index in [1.54, 1.807) is 0 Å². The minimum Gasteiger partial charge on any atom is -0.307 e. The Hall–Kier alpha value is -1.08. The maximum Gasteiger partial charge on any atom is 0.0533 e. The van der Waals surface area contributed by atoms with Crippen LogP contribution in [0.4, 0.5) is 0 Å². The van der Waals surface area contributed by atoms with Gasteiger partial charge < -0.3 is 5.32 Å². The second-order valence-corrected chi connectivity index (χ2v) is 4.13. The van der Waals surface area contributed by atoms with Crippen molar-refractivity contribution in [2.45, 2.75) is 33.7 Å². The highest BCUT2D eigenvalue weighted by Crippen LogP contribution is 2.24. The fraction of sp³-hybridized carbons (Fsp3) is 0.429. The lowest BCUT2D eigenvalue weighted by Crippen LogP contribution is -2.22.